The Labute approximate surface area is 90.9 Å². The average molecular weight is 220 g/mol. The van der Waals surface area contributed by atoms with Gasteiger partial charge in [0.15, 0.2) is 0 Å². The van der Waals surface area contributed by atoms with Gasteiger partial charge in [0.2, 0.25) is 0 Å². The Bertz CT molecular complexity index is 452. The van der Waals surface area contributed by atoms with Crippen molar-refractivity contribution in [2.45, 2.75) is 6.92 Å². The SMILES string of the molecule is CCOc1ccccc1C1=N[C-]=CS1=O. The molecule has 3 nitrogen and oxygen atoms in total. The molecule has 1 atom stereocenters. The molecule has 0 N–H and O–H groups in total. The van der Waals surface area contributed by atoms with E-state index >= 15 is 0 Å². The monoisotopic (exact) mass is 220 g/mol. The van der Waals surface area contributed by atoms with E-state index < -0.39 is 10.8 Å². The summed E-state index contributed by atoms with van der Waals surface area (Å²) in [5.74, 6) is 0.712. The van der Waals surface area contributed by atoms with Gasteiger partial charge in [-0.3, -0.25) is 4.21 Å². The second-order valence-corrected chi connectivity index (χ2v) is 4.11. The quantitative estimate of drug-likeness (QED) is 0.729. The van der Waals surface area contributed by atoms with Crippen molar-refractivity contribution in [3.8, 4) is 5.75 Å². The van der Waals surface area contributed by atoms with Gasteiger partial charge < -0.3 is 9.73 Å². The van der Waals surface area contributed by atoms with Crippen molar-refractivity contribution < 1.29 is 8.95 Å². The molecule has 0 saturated heterocycles. The van der Waals surface area contributed by atoms with Crippen molar-refractivity contribution in [2.75, 3.05) is 6.61 Å². The third kappa shape index (κ3) is 1.99. The van der Waals surface area contributed by atoms with Gasteiger partial charge in [-0.2, -0.15) is 0 Å². The van der Waals surface area contributed by atoms with Crippen LogP contribution in [0.3, 0.4) is 0 Å². The Morgan fingerprint density at radius 1 is 1.47 bits per heavy atom. The van der Waals surface area contributed by atoms with Gasteiger partial charge in [0.25, 0.3) is 0 Å². The minimum absolute atomic E-state index is 0.513. The van der Waals surface area contributed by atoms with Gasteiger partial charge >= 0.3 is 0 Å². The summed E-state index contributed by atoms with van der Waals surface area (Å²) in [6.45, 7) is 2.49. The van der Waals surface area contributed by atoms with Crippen LogP contribution in [0.1, 0.15) is 12.5 Å². The summed E-state index contributed by atoms with van der Waals surface area (Å²) in [5.41, 5.74) is 0.777. The van der Waals surface area contributed by atoms with E-state index in [2.05, 4.69) is 11.2 Å². The molecule has 0 saturated carbocycles. The van der Waals surface area contributed by atoms with E-state index in [4.69, 9.17) is 4.74 Å². The largest absolute Gasteiger partial charge is 0.495 e. The number of ether oxygens (including phenoxy) is 1. The van der Waals surface area contributed by atoms with Crippen LogP contribution in [-0.2, 0) is 10.8 Å². The second kappa shape index (κ2) is 4.40. The molecule has 1 heterocycles. The van der Waals surface area contributed by atoms with Crippen molar-refractivity contribution in [1.82, 2.24) is 0 Å². The molecule has 1 unspecified atom stereocenters. The van der Waals surface area contributed by atoms with Crippen molar-refractivity contribution in [2.24, 2.45) is 4.99 Å². The zero-order valence-electron chi connectivity index (χ0n) is 8.27. The van der Waals surface area contributed by atoms with Gasteiger partial charge in [-0.15, -0.1) is 6.20 Å². The minimum atomic E-state index is -1.19. The molecule has 0 aliphatic carbocycles. The molecule has 1 aliphatic heterocycles. The lowest BCUT2D eigenvalue weighted by molar-refractivity contribution is 0.339. The standard InChI is InChI=1S/C11H10NO2S/c1-2-14-10-6-4-3-5-9(10)11-12-7-8-15(11)13/h3-6,8H,2H2,1H3/q-1. The zero-order valence-corrected chi connectivity index (χ0v) is 9.08. The number of rotatable bonds is 3. The van der Waals surface area contributed by atoms with Gasteiger partial charge in [-0.1, -0.05) is 23.6 Å². The van der Waals surface area contributed by atoms with E-state index in [0.717, 1.165) is 5.56 Å². The highest BCUT2D eigenvalue weighted by molar-refractivity contribution is 8.04. The van der Waals surface area contributed by atoms with E-state index in [0.29, 0.717) is 17.4 Å². The number of benzene rings is 1. The number of aliphatic imine (C=N–C) groups is 1. The highest BCUT2D eigenvalue weighted by atomic mass is 32.2. The first kappa shape index (κ1) is 10.1. The van der Waals surface area contributed by atoms with Crippen molar-refractivity contribution >= 4 is 15.8 Å². The van der Waals surface area contributed by atoms with E-state index in [-0.39, 0.29) is 0 Å². The minimum Gasteiger partial charge on any atom is -0.495 e. The molecule has 15 heavy (non-hydrogen) atoms. The normalized spacial score (nSPS) is 19.0. The maximum atomic E-state index is 11.5. The lowest BCUT2D eigenvalue weighted by atomic mass is 10.2. The summed E-state index contributed by atoms with van der Waals surface area (Å²) in [6, 6.07) is 7.44. The van der Waals surface area contributed by atoms with Crippen LogP contribution in [0.5, 0.6) is 5.75 Å². The first-order chi connectivity index (χ1) is 7.33. The van der Waals surface area contributed by atoms with Crippen LogP contribution in [0.15, 0.2) is 34.7 Å². The molecular formula is C11H10NO2S-. The predicted molar refractivity (Wildman–Crippen MR) is 60.1 cm³/mol. The maximum absolute atomic E-state index is 11.5. The summed E-state index contributed by atoms with van der Waals surface area (Å²) in [6.07, 6.45) is 2.60. The molecule has 1 aromatic rings. The molecule has 0 amide bonds. The van der Waals surface area contributed by atoms with Gasteiger partial charge in [0.1, 0.15) is 5.75 Å². The molecule has 0 radical (unpaired) electrons. The molecular weight excluding hydrogens is 210 g/mol. The Balaban J connectivity index is 2.39. The Morgan fingerprint density at radius 3 is 2.93 bits per heavy atom. The van der Waals surface area contributed by atoms with E-state index in [1.807, 2.05) is 31.2 Å². The predicted octanol–water partition coefficient (Wildman–Crippen LogP) is 1.87. The maximum Gasteiger partial charge on any atom is 0.111 e. The average Bonchev–Trinajstić information content (AvgIpc) is 2.66. The summed E-state index contributed by atoms with van der Waals surface area (Å²) in [7, 11) is -1.19. The Hall–Kier alpha value is -1.42. The van der Waals surface area contributed by atoms with E-state index in [1.165, 1.54) is 5.41 Å². The van der Waals surface area contributed by atoms with Crippen LogP contribution in [-0.4, -0.2) is 15.9 Å². The fourth-order valence-corrected chi connectivity index (χ4v) is 2.12. The van der Waals surface area contributed by atoms with Gasteiger partial charge in [-0.05, 0) is 34.4 Å². The first-order valence-electron chi connectivity index (χ1n) is 4.62. The fraction of sp³-hybridized carbons (Fsp3) is 0.182. The second-order valence-electron chi connectivity index (χ2n) is 2.89. The van der Waals surface area contributed by atoms with E-state index in [1.54, 1.807) is 0 Å². The molecule has 4 heteroatoms. The van der Waals surface area contributed by atoms with Crippen LogP contribution in [0.2, 0.25) is 0 Å². The lowest BCUT2D eigenvalue weighted by Crippen LogP contribution is -2.06. The zero-order chi connectivity index (χ0) is 10.7. The van der Waals surface area contributed by atoms with Crippen LogP contribution < -0.4 is 4.74 Å². The highest BCUT2D eigenvalue weighted by Crippen LogP contribution is 2.22. The van der Waals surface area contributed by atoms with Crippen molar-refractivity contribution in [1.29, 1.82) is 0 Å². The van der Waals surface area contributed by atoms with Crippen LogP contribution >= 0.6 is 0 Å². The van der Waals surface area contributed by atoms with Crippen LogP contribution in [0.4, 0.5) is 0 Å². The van der Waals surface area contributed by atoms with E-state index in [9.17, 15) is 4.21 Å². The molecule has 0 spiro atoms. The summed E-state index contributed by atoms with van der Waals surface area (Å²) < 4.78 is 17.0. The highest BCUT2D eigenvalue weighted by Gasteiger charge is 2.07. The molecule has 0 aromatic heterocycles. The van der Waals surface area contributed by atoms with Crippen molar-refractivity contribution in [3.05, 3.63) is 41.4 Å². The number of nitrogens with zero attached hydrogens (tertiary/aromatic N) is 1. The molecule has 78 valence electrons. The molecule has 0 fully saturated rings. The lowest BCUT2D eigenvalue weighted by Gasteiger charge is -2.14. The molecule has 0 bridgehead atoms. The van der Waals surface area contributed by atoms with Crippen LogP contribution in [0.25, 0.3) is 0 Å². The molecule has 1 aromatic carbocycles. The molecule has 2 rings (SSSR count). The third-order valence-corrected chi connectivity index (χ3v) is 2.95. The Morgan fingerprint density at radius 2 is 2.27 bits per heavy atom. The smallest absolute Gasteiger partial charge is 0.111 e. The van der Waals surface area contributed by atoms with Gasteiger partial charge in [0.05, 0.1) is 6.61 Å². The third-order valence-electron chi connectivity index (χ3n) is 1.93. The van der Waals surface area contributed by atoms with Gasteiger partial charge in [-0.25, -0.2) is 0 Å². The number of hydrogen-bond donors (Lipinski definition) is 0. The molecule has 1 aliphatic rings. The fourth-order valence-electron chi connectivity index (χ4n) is 1.33. The van der Waals surface area contributed by atoms with Crippen LogP contribution in [0, 0.1) is 6.20 Å². The van der Waals surface area contributed by atoms with Gasteiger partial charge in [0, 0.05) is 0 Å². The number of para-hydroxylation sites is 1. The number of hydrogen-bond acceptors (Lipinski definition) is 3. The topological polar surface area (TPSA) is 38.7 Å². The summed E-state index contributed by atoms with van der Waals surface area (Å²) >= 11 is 0. The van der Waals surface area contributed by atoms with Crippen molar-refractivity contribution in [3.63, 3.8) is 0 Å². The summed E-state index contributed by atoms with van der Waals surface area (Å²) in [5, 5.41) is 1.96. The first-order valence-corrected chi connectivity index (χ1v) is 5.83. The Kier molecular flexibility index (Phi) is 2.97. The summed E-state index contributed by atoms with van der Waals surface area (Å²) in [4.78, 5) is 3.96.